The molecule has 40 heavy (non-hydrogen) atoms. The molecule has 0 aromatic heterocycles. The molecule has 0 radical (unpaired) electrons. The fourth-order valence-electron chi connectivity index (χ4n) is 4.92. The lowest BCUT2D eigenvalue weighted by Crippen LogP contribution is -2.48. The summed E-state index contributed by atoms with van der Waals surface area (Å²) in [4.78, 5) is 42.5. The second-order valence-corrected chi connectivity index (χ2v) is 9.78. The van der Waals surface area contributed by atoms with E-state index < -0.39 is 0 Å². The number of carbonyl (C=O) groups is 3. The number of piperazine rings is 1. The number of ketones is 2. The van der Waals surface area contributed by atoms with E-state index in [0.29, 0.717) is 46.9 Å². The quantitative estimate of drug-likeness (QED) is 0.332. The fraction of sp³-hybridized carbons (Fsp3) is 0.258. The van der Waals surface area contributed by atoms with Crippen molar-refractivity contribution >= 4 is 28.8 Å². The smallest absolute Gasteiger partial charge is 0.251 e. The number of carbonyl (C=O) groups excluding carboxylic acids is 3. The number of hydrogen-bond donors (Lipinski definition) is 2. The highest BCUT2D eigenvalue weighted by Crippen LogP contribution is 2.26. The van der Waals surface area contributed by atoms with Crippen LogP contribution in [0, 0.1) is 5.82 Å². The third-order valence-electron chi connectivity index (χ3n) is 7.22. The lowest BCUT2D eigenvalue weighted by molar-refractivity contribution is -0.115. The van der Waals surface area contributed by atoms with E-state index in [1.165, 1.54) is 12.1 Å². The van der Waals surface area contributed by atoms with Gasteiger partial charge in [0.25, 0.3) is 5.91 Å². The van der Waals surface area contributed by atoms with Gasteiger partial charge in [0.05, 0.1) is 18.5 Å². The lowest BCUT2D eigenvalue weighted by atomic mass is 9.96. The number of hydrogen-bond acceptors (Lipinski definition) is 7. The Morgan fingerprint density at radius 1 is 1.00 bits per heavy atom. The molecule has 0 atom stereocenters. The van der Waals surface area contributed by atoms with Crippen LogP contribution in [0.15, 0.2) is 78.5 Å². The molecule has 3 aromatic carbocycles. The maximum atomic E-state index is 14.1. The minimum atomic E-state index is -0.286. The minimum absolute atomic E-state index is 0.0947. The molecule has 0 spiro atoms. The first kappa shape index (κ1) is 27.1. The normalized spacial score (nSPS) is 16.3. The van der Waals surface area contributed by atoms with E-state index >= 15 is 0 Å². The van der Waals surface area contributed by atoms with Crippen molar-refractivity contribution < 1.29 is 23.5 Å². The monoisotopic (exact) mass is 542 g/mol. The predicted octanol–water partition coefficient (Wildman–Crippen LogP) is 3.69. The van der Waals surface area contributed by atoms with Gasteiger partial charge in [0.1, 0.15) is 11.6 Å². The second kappa shape index (κ2) is 12.1. The van der Waals surface area contributed by atoms with Gasteiger partial charge in [-0.25, -0.2) is 4.39 Å². The minimum Gasteiger partial charge on any atom is -0.497 e. The Bertz CT molecular complexity index is 1450. The van der Waals surface area contributed by atoms with E-state index in [-0.39, 0.29) is 35.4 Å². The first-order valence-electron chi connectivity index (χ1n) is 13.2. The van der Waals surface area contributed by atoms with E-state index in [4.69, 9.17) is 4.74 Å². The van der Waals surface area contributed by atoms with E-state index in [0.717, 1.165) is 26.2 Å². The fourth-order valence-corrected chi connectivity index (χ4v) is 4.92. The summed E-state index contributed by atoms with van der Waals surface area (Å²) in [5.74, 6) is -0.284. The van der Waals surface area contributed by atoms with Crippen LogP contribution in [0.4, 0.5) is 15.8 Å². The number of methoxy groups -OCH3 is 1. The maximum absolute atomic E-state index is 14.1. The number of allylic oxidation sites excluding steroid dienone is 2. The molecular formula is C31H31FN4O4. The van der Waals surface area contributed by atoms with E-state index in [1.54, 1.807) is 61.7 Å². The zero-order valence-corrected chi connectivity index (χ0v) is 22.3. The molecular weight excluding hydrogens is 511 g/mol. The van der Waals surface area contributed by atoms with Gasteiger partial charge in [-0.15, -0.1) is 0 Å². The van der Waals surface area contributed by atoms with Crippen LogP contribution in [-0.2, 0) is 11.2 Å². The van der Waals surface area contributed by atoms with Gasteiger partial charge in [-0.2, -0.15) is 0 Å². The van der Waals surface area contributed by atoms with Gasteiger partial charge >= 0.3 is 0 Å². The van der Waals surface area contributed by atoms with Crippen LogP contribution >= 0.6 is 0 Å². The predicted molar refractivity (Wildman–Crippen MR) is 152 cm³/mol. The van der Waals surface area contributed by atoms with Crippen LogP contribution in [0.1, 0.15) is 26.3 Å². The zero-order chi connectivity index (χ0) is 28.1. The molecule has 2 aliphatic heterocycles. The molecule has 1 fully saturated rings. The summed E-state index contributed by atoms with van der Waals surface area (Å²) in [6.07, 6.45) is 1.40. The van der Waals surface area contributed by atoms with Gasteiger partial charge in [0.2, 0.25) is 0 Å². The largest absolute Gasteiger partial charge is 0.497 e. The number of nitrogens with one attached hydrogen (secondary N) is 2. The number of anilines is 2. The van der Waals surface area contributed by atoms with Gasteiger partial charge in [-0.05, 0) is 60.2 Å². The van der Waals surface area contributed by atoms with Crippen molar-refractivity contribution in [3.8, 4) is 5.75 Å². The highest BCUT2D eigenvalue weighted by molar-refractivity contribution is 6.12. The molecule has 2 heterocycles. The Labute approximate surface area is 232 Å². The Morgan fingerprint density at radius 3 is 2.45 bits per heavy atom. The molecule has 206 valence electrons. The summed E-state index contributed by atoms with van der Waals surface area (Å²) in [7, 11) is 1.55. The topological polar surface area (TPSA) is 91.0 Å². The average Bonchev–Trinajstić information content (AvgIpc) is 2.98. The second-order valence-electron chi connectivity index (χ2n) is 9.78. The van der Waals surface area contributed by atoms with Crippen molar-refractivity contribution in [2.24, 2.45) is 0 Å². The van der Waals surface area contributed by atoms with Crippen molar-refractivity contribution in [3.05, 3.63) is 101 Å². The molecule has 3 aromatic rings. The molecule has 0 unspecified atom stereocenters. The number of ether oxygens (including phenoxy) is 1. The SMILES string of the molecule is COc1ccc(C(=O)/C=C2\Nc3ccc(C(=O)NCCN4CCN(c5ccccc5F)CC4)cc3CC2=O)cc1. The summed E-state index contributed by atoms with van der Waals surface area (Å²) in [5, 5.41) is 5.99. The highest BCUT2D eigenvalue weighted by Gasteiger charge is 2.23. The third-order valence-corrected chi connectivity index (χ3v) is 7.22. The van der Waals surface area contributed by atoms with Crippen molar-refractivity contribution in [3.63, 3.8) is 0 Å². The van der Waals surface area contributed by atoms with E-state index in [2.05, 4.69) is 15.5 Å². The summed E-state index contributed by atoms with van der Waals surface area (Å²) in [6.45, 7) is 4.19. The van der Waals surface area contributed by atoms with E-state index in [9.17, 15) is 18.8 Å². The van der Waals surface area contributed by atoms with Crippen LogP contribution in [0.25, 0.3) is 0 Å². The Hall–Kier alpha value is -4.50. The Kier molecular flexibility index (Phi) is 8.21. The lowest BCUT2D eigenvalue weighted by Gasteiger charge is -2.36. The first-order valence-corrected chi connectivity index (χ1v) is 13.2. The van der Waals surface area contributed by atoms with Crippen LogP contribution < -0.4 is 20.3 Å². The number of halogens is 1. The number of rotatable bonds is 8. The molecule has 9 heteroatoms. The molecule has 1 amide bonds. The number of Topliss-reactive ketones (excluding diaryl/α,β-unsaturated/α-hetero) is 1. The number of para-hydroxylation sites is 1. The van der Waals surface area contributed by atoms with Gasteiger partial charge in [0, 0.05) is 68.6 Å². The number of fused-ring (bicyclic) bond motifs is 1. The first-order chi connectivity index (χ1) is 19.4. The standard InChI is InChI=1S/C31H31FN4O4/c1-40-24-9-6-21(7-10-24)29(37)20-27-30(38)19-23-18-22(8-11-26(23)34-27)31(39)33-12-13-35-14-16-36(17-15-35)28-5-3-2-4-25(28)32/h2-11,18,20,34H,12-17,19H2,1H3,(H,33,39)/b27-20-. The van der Waals surface area contributed by atoms with Gasteiger partial charge in [0.15, 0.2) is 11.6 Å². The average molecular weight is 543 g/mol. The Morgan fingerprint density at radius 2 is 1.73 bits per heavy atom. The Balaban J connectivity index is 1.12. The van der Waals surface area contributed by atoms with Crippen LogP contribution in [0.3, 0.4) is 0 Å². The van der Waals surface area contributed by atoms with Crippen LogP contribution in [-0.4, -0.2) is 68.8 Å². The molecule has 8 nitrogen and oxygen atoms in total. The number of benzene rings is 3. The maximum Gasteiger partial charge on any atom is 0.251 e. The summed E-state index contributed by atoms with van der Waals surface area (Å²) >= 11 is 0. The van der Waals surface area contributed by atoms with Crippen molar-refractivity contribution in [1.29, 1.82) is 0 Å². The third kappa shape index (κ3) is 6.21. The molecule has 5 rings (SSSR count). The molecule has 0 bridgehead atoms. The van der Waals surface area contributed by atoms with E-state index in [1.807, 2.05) is 11.0 Å². The van der Waals surface area contributed by atoms with Gasteiger partial charge in [-0.3, -0.25) is 19.3 Å². The van der Waals surface area contributed by atoms with Crippen LogP contribution in [0.2, 0.25) is 0 Å². The molecule has 0 saturated carbocycles. The summed E-state index contributed by atoms with van der Waals surface area (Å²) in [6, 6.07) is 18.7. The highest BCUT2D eigenvalue weighted by atomic mass is 19.1. The van der Waals surface area contributed by atoms with Crippen molar-refractivity contribution in [2.75, 3.05) is 56.6 Å². The zero-order valence-electron chi connectivity index (χ0n) is 22.3. The van der Waals surface area contributed by atoms with Gasteiger partial charge in [-0.1, -0.05) is 12.1 Å². The summed E-state index contributed by atoms with van der Waals surface area (Å²) in [5.41, 5.74) is 3.17. The van der Waals surface area contributed by atoms with Crippen molar-refractivity contribution in [1.82, 2.24) is 10.2 Å². The van der Waals surface area contributed by atoms with Crippen LogP contribution in [0.5, 0.6) is 5.75 Å². The van der Waals surface area contributed by atoms with Gasteiger partial charge < -0.3 is 20.3 Å². The molecule has 1 saturated heterocycles. The summed E-state index contributed by atoms with van der Waals surface area (Å²) < 4.78 is 19.2. The molecule has 2 aliphatic rings. The number of amides is 1. The number of nitrogens with zero attached hydrogens (tertiary/aromatic N) is 2. The van der Waals surface area contributed by atoms with Crippen molar-refractivity contribution in [2.45, 2.75) is 6.42 Å². The molecule has 0 aliphatic carbocycles. The molecule has 2 N–H and O–H groups in total.